The van der Waals surface area contributed by atoms with E-state index in [0.29, 0.717) is 18.7 Å². The Kier molecular flexibility index (Phi) is 4.53. The van der Waals surface area contributed by atoms with Crippen LogP contribution in [0.1, 0.15) is 26.3 Å². The molecule has 0 aliphatic carbocycles. The van der Waals surface area contributed by atoms with Crippen LogP contribution >= 0.6 is 0 Å². The van der Waals surface area contributed by atoms with Gasteiger partial charge in [0.2, 0.25) is 15.0 Å². The number of aromatic nitrogens is 2. The zero-order valence-electron chi connectivity index (χ0n) is 16.0. The number of ether oxygens (including phenoxy) is 1. The Morgan fingerprint density at radius 2 is 1.93 bits per heavy atom. The second-order valence-electron chi connectivity index (χ2n) is 7.78. The van der Waals surface area contributed by atoms with Crippen molar-refractivity contribution in [1.82, 2.24) is 19.8 Å². The summed E-state index contributed by atoms with van der Waals surface area (Å²) in [4.78, 5) is 37.2. The molecule has 0 spiro atoms. The molecule has 27 heavy (non-hydrogen) atoms. The maximum Gasteiger partial charge on any atom is 0.410 e. The fourth-order valence-corrected chi connectivity index (χ4v) is 3.41. The van der Waals surface area contributed by atoms with Crippen LogP contribution in [-0.2, 0) is 21.1 Å². The van der Waals surface area contributed by atoms with Crippen molar-refractivity contribution < 1.29 is 22.7 Å². The number of carbonyl (C=O) groups is 2. The Hall–Kier alpha value is -2.43. The molecule has 1 aromatic rings. The molecular formula is C16H23N5O5S. The summed E-state index contributed by atoms with van der Waals surface area (Å²) in [5.74, 6) is 0.287. The van der Waals surface area contributed by atoms with Crippen LogP contribution in [0.5, 0.6) is 0 Å². The van der Waals surface area contributed by atoms with Gasteiger partial charge in [-0.2, -0.15) is 0 Å². The molecular weight excluding hydrogens is 374 g/mol. The number of amides is 3. The van der Waals surface area contributed by atoms with Gasteiger partial charge in [-0.15, -0.1) is 0 Å². The van der Waals surface area contributed by atoms with E-state index in [4.69, 9.17) is 4.74 Å². The van der Waals surface area contributed by atoms with E-state index in [-0.39, 0.29) is 29.6 Å². The van der Waals surface area contributed by atoms with Crippen LogP contribution in [0.25, 0.3) is 0 Å². The molecule has 2 aliphatic heterocycles. The molecule has 0 aromatic carbocycles. The minimum Gasteiger partial charge on any atom is -0.444 e. The molecule has 3 amide bonds. The lowest BCUT2D eigenvalue weighted by molar-refractivity contribution is -0.00953. The number of anilines is 1. The van der Waals surface area contributed by atoms with Crippen LogP contribution in [0, 0.1) is 0 Å². The van der Waals surface area contributed by atoms with Gasteiger partial charge < -0.3 is 14.5 Å². The number of likely N-dealkylation sites (tertiary alicyclic amines) is 1. The van der Waals surface area contributed by atoms with E-state index in [1.165, 1.54) is 18.1 Å². The number of fused-ring (bicyclic) bond motifs is 1. The van der Waals surface area contributed by atoms with Crippen LogP contribution < -0.4 is 4.90 Å². The lowest BCUT2D eigenvalue weighted by atomic mass is 10.1. The zero-order chi connectivity index (χ0) is 20.1. The Bertz CT molecular complexity index is 889. The van der Waals surface area contributed by atoms with Crippen LogP contribution in [0.3, 0.4) is 0 Å². The highest BCUT2D eigenvalue weighted by Crippen LogP contribution is 2.30. The van der Waals surface area contributed by atoms with Gasteiger partial charge in [0, 0.05) is 38.2 Å². The van der Waals surface area contributed by atoms with Crippen molar-refractivity contribution >= 4 is 27.8 Å². The summed E-state index contributed by atoms with van der Waals surface area (Å²) in [7, 11) is -2.03. The first-order chi connectivity index (χ1) is 12.4. The van der Waals surface area contributed by atoms with Gasteiger partial charge >= 0.3 is 12.1 Å². The summed E-state index contributed by atoms with van der Waals surface area (Å²) < 4.78 is 28.6. The second kappa shape index (κ2) is 6.32. The molecule has 2 aliphatic rings. The molecule has 1 aromatic heterocycles. The van der Waals surface area contributed by atoms with E-state index in [9.17, 15) is 18.0 Å². The van der Waals surface area contributed by atoms with Crippen molar-refractivity contribution in [3.63, 3.8) is 0 Å². The van der Waals surface area contributed by atoms with Gasteiger partial charge in [0.1, 0.15) is 11.4 Å². The summed E-state index contributed by atoms with van der Waals surface area (Å²) in [5, 5.41) is -0.311. The molecule has 148 valence electrons. The summed E-state index contributed by atoms with van der Waals surface area (Å²) >= 11 is 0. The molecule has 0 saturated carbocycles. The van der Waals surface area contributed by atoms with Gasteiger partial charge in [-0.05, 0) is 20.8 Å². The Morgan fingerprint density at radius 3 is 2.48 bits per heavy atom. The maximum atomic E-state index is 12.7. The van der Waals surface area contributed by atoms with E-state index in [2.05, 4.69) is 9.97 Å². The van der Waals surface area contributed by atoms with Crippen molar-refractivity contribution in [3.8, 4) is 0 Å². The lowest BCUT2D eigenvalue weighted by Crippen LogP contribution is -2.65. The van der Waals surface area contributed by atoms with Gasteiger partial charge in [-0.1, -0.05) is 0 Å². The number of carbonyl (C=O) groups excluding carboxylic acids is 2. The fraction of sp³-hybridized carbons (Fsp3) is 0.625. The molecule has 0 unspecified atom stereocenters. The molecule has 0 bridgehead atoms. The topological polar surface area (TPSA) is 113 Å². The number of hydrogen-bond acceptors (Lipinski definition) is 7. The molecule has 0 N–H and O–H groups in total. The first-order valence-corrected chi connectivity index (χ1v) is 10.3. The fourth-order valence-electron chi connectivity index (χ4n) is 2.91. The Labute approximate surface area is 158 Å². The van der Waals surface area contributed by atoms with Crippen molar-refractivity contribution in [3.05, 3.63) is 11.8 Å². The van der Waals surface area contributed by atoms with E-state index in [1.54, 1.807) is 30.6 Å². The smallest absolute Gasteiger partial charge is 0.410 e. The predicted octanol–water partition coefficient (Wildman–Crippen LogP) is 0.871. The number of sulfone groups is 1. The highest BCUT2D eigenvalue weighted by molar-refractivity contribution is 7.90. The van der Waals surface area contributed by atoms with Gasteiger partial charge in [0.25, 0.3) is 0 Å². The van der Waals surface area contributed by atoms with Gasteiger partial charge in [0.05, 0.1) is 12.6 Å². The average molecular weight is 397 g/mol. The monoisotopic (exact) mass is 397 g/mol. The van der Waals surface area contributed by atoms with E-state index >= 15 is 0 Å². The number of rotatable bonds is 2. The standard InChI is InChI=1S/C16H23N5O5S/c1-16(2,3)26-15(23)20-8-11(9-20)21-7-10-6-17-13(27(5,24)25)18-12(10)19(4)14(21)22/h6,11H,7-9H2,1-5H3. The number of nitrogens with zero attached hydrogens (tertiary/aromatic N) is 5. The number of urea groups is 1. The highest BCUT2D eigenvalue weighted by Gasteiger charge is 2.42. The summed E-state index contributed by atoms with van der Waals surface area (Å²) in [5.41, 5.74) is 0.0805. The third kappa shape index (κ3) is 3.82. The van der Waals surface area contributed by atoms with Gasteiger partial charge in [0.15, 0.2) is 0 Å². The summed E-state index contributed by atoms with van der Waals surface area (Å²) in [6, 6.07) is -0.440. The van der Waals surface area contributed by atoms with Crippen molar-refractivity contribution in [2.75, 3.05) is 31.3 Å². The molecule has 1 saturated heterocycles. The van der Waals surface area contributed by atoms with E-state index < -0.39 is 21.5 Å². The van der Waals surface area contributed by atoms with E-state index in [1.807, 2.05) is 0 Å². The third-order valence-corrected chi connectivity index (χ3v) is 5.16. The quantitative estimate of drug-likeness (QED) is 0.681. The minimum absolute atomic E-state index is 0.143. The maximum absolute atomic E-state index is 12.7. The first kappa shape index (κ1) is 19.3. The molecule has 3 rings (SSSR count). The zero-order valence-corrected chi connectivity index (χ0v) is 16.8. The van der Waals surface area contributed by atoms with Crippen LogP contribution in [0.2, 0.25) is 0 Å². The Balaban J connectivity index is 1.72. The summed E-state index contributed by atoms with van der Waals surface area (Å²) in [6.45, 7) is 6.42. The summed E-state index contributed by atoms with van der Waals surface area (Å²) in [6.07, 6.45) is 2.04. The highest BCUT2D eigenvalue weighted by atomic mass is 32.2. The predicted molar refractivity (Wildman–Crippen MR) is 96.1 cm³/mol. The molecule has 1 fully saturated rings. The van der Waals surface area contributed by atoms with E-state index in [0.717, 1.165) is 6.26 Å². The second-order valence-corrected chi connectivity index (χ2v) is 9.69. The minimum atomic E-state index is -3.56. The van der Waals surface area contributed by atoms with Crippen LogP contribution in [0.4, 0.5) is 15.4 Å². The largest absolute Gasteiger partial charge is 0.444 e. The van der Waals surface area contributed by atoms with Crippen molar-refractivity contribution in [1.29, 1.82) is 0 Å². The van der Waals surface area contributed by atoms with Crippen molar-refractivity contribution in [2.45, 2.75) is 44.1 Å². The van der Waals surface area contributed by atoms with Crippen LogP contribution in [-0.4, -0.2) is 78.3 Å². The third-order valence-electron chi connectivity index (χ3n) is 4.30. The molecule has 10 nitrogen and oxygen atoms in total. The first-order valence-electron chi connectivity index (χ1n) is 8.45. The molecule has 0 atom stereocenters. The lowest BCUT2D eigenvalue weighted by Gasteiger charge is -2.47. The molecule has 0 radical (unpaired) electrons. The normalized spacial score (nSPS) is 18.3. The average Bonchev–Trinajstić information content (AvgIpc) is 2.47. The SMILES string of the molecule is CN1C(=O)N(C2CN(C(=O)OC(C)(C)C)C2)Cc2cnc(S(C)(=O)=O)nc21. The van der Waals surface area contributed by atoms with Crippen LogP contribution in [0.15, 0.2) is 11.4 Å². The van der Waals surface area contributed by atoms with Gasteiger partial charge in [-0.3, -0.25) is 4.90 Å². The molecule has 3 heterocycles. The van der Waals surface area contributed by atoms with Crippen molar-refractivity contribution in [2.24, 2.45) is 0 Å². The van der Waals surface area contributed by atoms with Gasteiger partial charge in [-0.25, -0.2) is 28.0 Å². The molecule has 11 heteroatoms. The Morgan fingerprint density at radius 1 is 1.30 bits per heavy atom. The number of hydrogen-bond donors (Lipinski definition) is 0.